The molecule has 5 heteroatoms. The Morgan fingerprint density at radius 2 is 1.84 bits per heavy atom. The summed E-state index contributed by atoms with van der Waals surface area (Å²) in [6, 6.07) is 4.08. The zero-order chi connectivity index (χ0) is 18.8. The molecule has 25 heavy (non-hydrogen) atoms. The molecule has 138 valence electrons. The van der Waals surface area contributed by atoms with E-state index >= 15 is 0 Å². The molecule has 0 spiro atoms. The van der Waals surface area contributed by atoms with E-state index in [1.807, 2.05) is 39.8 Å². The number of hydrogen-bond acceptors (Lipinski definition) is 3. The van der Waals surface area contributed by atoms with Gasteiger partial charge >= 0.3 is 0 Å². The predicted octanol–water partition coefficient (Wildman–Crippen LogP) is 2.92. The average molecular weight is 345 g/mol. The molecule has 0 bridgehead atoms. The third-order valence-electron chi connectivity index (χ3n) is 5.25. The van der Waals surface area contributed by atoms with Gasteiger partial charge in [0, 0.05) is 18.3 Å². The van der Waals surface area contributed by atoms with Crippen LogP contribution in [-0.4, -0.2) is 35.8 Å². The quantitative estimate of drug-likeness (QED) is 0.881. The van der Waals surface area contributed by atoms with E-state index in [2.05, 4.69) is 5.32 Å². The van der Waals surface area contributed by atoms with Crippen LogP contribution in [-0.2, 0) is 9.59 Å². The van der Waals surface area contributed by atoms with Crippen molar-refractivity contribution in [2.45, 2.75) is 58.9 Å². The molecule has 1 aliphatic carbocycles. The minimum Gasteiger partial charge on any atom is -0.336 e. The Balaban J connectivity index is 2.02. The Labute approximate surface area is 151 Å². The topological polar surface area (TPSA) is 75.4 Å². The lowest BCUT2D eigenvalue weighted by atomic mass is 9.74. The van der Waals surface area contributed by atoms with Gasteiger partial charge in [-0.1, -0.05) is 30.5 Å². The highest BCUT2D eigenvalue weighted by Crippen LogP contribution is 2.32. The van der Waals surface area contributed by atoms with Gasteiger partial charge < -0.3 is 16.0 Å². The van der Waals surface area contributed by atoms with Gasteiger partial charge in [-0.2, -0.15) is 0 Å². The van der Waals surface area contributed by atoms with E-state index in [9.17, 15) is 9.59 Å². The van der Waals surface area contributed by atoms with Crippen molar-refractivity contribution < 1.29 is 9.59 Å². The van der Waals surface area contributed by atoms with Gasteiger partial charge in [0.05, 0.1) is 12.5 Å². The molecule has 0 heterocycles. The van der Waals surface area contributed by atoms with E-state index in [0.29, 0.717) is 0 Å². The number of nitrogens with one attached hydrogen (secondary N) is 1. The normalized spacial score (nSPS) is 23.2. The van der Waals surface area contributed by atoms with Crippen molar-refractivity contribution in [1.82, 2.24) is 4.90 Å². The van der Waals surface area contributed by atoms with Crippen LogP contribution < -0.4 is 11.1 Å². The van der Waals surface area contributed by atoms with Gasteiger partial charge in [-0.3, -0.25) is 9.59 Å². The Kier molecular flexibility index (Phi) is 5.88. The second-order valence-corrected chi connectivity index (χ2v) is 7.82. The number of aryl methyl sites for hydroxylation is 3. The SMILES string of the molecule is Cc1cc(C)c(NC(=O)CN(C)C(=O)C2CCCCC2(C)N)c(C)c1. The van der Waals surface area contributed by atoms with Crippen LogP contribution in [0.15, 0.2) is 12.1 Å². The summed E-state index contributed by atoms with van der Waals surface area (Å²) in [7, 11) is 1.68. The van der Waals surface area contributed by atoms with Crippen molar-refractivity contribution in [3.63, 3.8) is 0 Å². The molecule has 2 amide bonds. The molecule has 5 nitrogen and oxygen atoms in total. The van der Waals surface area contributed by atoms with Crippen molar-refractivity contribution in [3.8, 4) is 0 Å². The van der Waals surface area contributed by atoms with Crippen LogP contribution in [0.4, 0.5) is 5.69 Å². The molecule has 2 unspecified atom stereocenters. The lowest BCUT2D eigenvalue weighted by Crippen LogP contribution is -2.53. The number of nitrogens with zero attached hydrogens (tertiary/aromatic N) is 1. The first-order valence-corrected chi connectivity index (χ1v) is 9.03. The van der Waals surface area contributed by atoms with E-state index in [-0.39, 0.29) is 24.3 Å². The summed E-state index contributed by atoms with van der Waals surface area (Å²) in [6.45, 7) is 7.98. The van der Waals surface area contributed by atoms with E-state index in [1.54, 1.807) is 7.05 Å². The molecule has 0 radical (unpaired) electrons. The van der Waals surface area contributed by atoms with Gasteiger partial charge in [0.2, 0.25) is 11.8 Å². The summed E-state index contributed by atoms with van der Waals surface area (Å²) >= 11 is 0. The summed E-state index contributed by atoms with van der Waals surface area (Å²) < 4.78 is 0. The number of hydrogen-bond donors (Lipinski definition) is 2. The molecule has 3 N–H and O–H groups in total. The van der Waals surface area contributed by atoms with Crippen LogP contribution in [0, 0.1) is 26.7 Å². The zero-order valence-electron chi connectivity index (χ0n) is 16.1. The smallest absolute Gasteiger partial charge is 0.243 e. The van der Waals surface area contributed by atoms with Crippen molar-refractivity contribution in [2.24, 2.45) is 11.7 Å². The second-order valence-electron chi connectivity index (χ2n) is 7.82. The monoisotopic (exact) mass is 345 g/mol. The molecule has 1 aromatic rings. The maximum atomic E-state index is 12.7. The largest absolute Gasteiger partial charge is 0.336 e. The lowest BCUT2D eigenvalue weighted by molar-refractivity contribution is -0.139. The molecule has 0 saturated heterocycles. The van der Waals surface area contributed by atoms with Crippen LogP contribution in [0.1, 0.15) is 49.3 Å². The minimum absolute atomic E-state index is 0.0304. The van der Waals surface area contributed by atoms with Crippen LogP contribution in [0.5, 0.6) is 0 Å². The van der Waals surface area contributed by atoms with E-state index in [1.165, 1.54) is 10.5 Å². The molecular weight excluding hydrogens is 314 g/mol. The summed E-state index contributed by atoms with van der Waals surface area (Å²) in [5.74, 6) is -0.417. The average Bonchev–Trinajstić information content (AvgIpc) is 2.49. The molecule has 2 atom stereocenters. The first-order valence-electron chi connectivity index (χ1n) is 9.03. The second kappa shape index (κ2) is 7.56. The summed E-state index contributed by atoms with van der Waals surface area (Å²) in [5.41, 5.74) is 9.90. The van der Waals surface area contributed by atoms with Gasteiger partial charge in [0.1, 0.15) is 0 Å². The standard InChI is InChI=1S/C20H31N3O2/c1-13-10-14(2)18(15(3)11-13)22-17(24)12-23(5)19(25)16-8-6-7-9-20(16,4)21/h10-11,16H,6-9,12,21H2,1-5H3,(H,22,24). The number of likely N-dealkylation sites (N-methyl/N-ethyl adjacent to an activating group) is 1. The highest BCUT2D eigenvalue weighted by atomic mass is 16.2. The first kappa shape index (κ1) is 19.4. The lowest BCUT2D eigenvalue weighted by Gasteiger charge is -2.39. The predicted molar refractivity (Wildman–Crippen MR) is 101 cm³/mol. The summed E-state index contributed by atoms with van der Waals surface area (Å²) in [4.78, 5) is 26.7. The van der Waals surface area contributed by atoms with Gasteiger partial charge in [0.25, 0.3) is 0 Å². The van der Waals surface area contributed by atoms with Gasteiger partial charge in [0.15, 0.2) is 0 Å². The van der Waals surface area contributed by atoms with Gasteiger partial charge in [-0.25, -0.2) is 0 Å². The summed E-state index contributed by atoms with van der Waals surface area (Å²) in [6.07, 6.45) is 3.73. The first-order chi connectivity index (χ1) is 11.6. The fourth-order valence-electron chi connectivity index (χ4n) is 3.88. The van der Waals surface area contributed by atoms with Crippen molar-refractivity contribution in [3.05, 3.63) is 28.8 Å². The fraction of sp³-hybridized carbons (Fsp3) is 0.600. The molecule has 2 rings (SSSR count). The molecule has 0 aromatic heterocycles. The number of carbonyl (C=O) groups excluding carboxylic acids is 2. The highest BCUT2D eigenvalue weighted by Gasteiger charge is 2.39. The fourth-order valence-corrected chi connectivity index (χ4v) is 3.88. The van der Waals surface area contributed by atoms with E-state index in [4.69, 9.17) is 5.73 Å². The summed E-state index contributed by atoms with van der Waals surface area (Å²) in [5, 5.41) is 2.95. The van der Waals surface area contributed by atoms with Gasteiger partial charge in [-0.15, -0.1) is 0 Å². The Hall–Kier alpha value is -1.88. The number of benzene rings is 1. The Bertz CT molecular complexity index is 644. The molecule has 1 aromatic carbocycles. The Morgan fingerprint density at radius 3 is 2.40 bits per heavy atom. The molecule has 1 saturated carbocycles. The van der Waals surface area contributed by atoms with Crippen LogP contribution in [0.25, 0.3) is 0 Å². The molecule has 1 aliphatic rings. The van der Waals surface area contributed by atoms with Crippen LogP contribution in [0.2, 0.25) is 0 Å². The maximum absolute atomic E-state index is 12.7. The number of rotatable bonds is 4. The molecule has 0 aliphatic heterocycles. The Morgan fingerprint density at radius 1 is 1.24 bits per heavy atom. The maximum Gasteiger partial charge on any atom is 0.243 e. The van der Waals surface area contributed by atoms with E-state index in [0.717, 1.165) is 42.5 Å². The van der Waals surface area contributed by atoms with Crippen molar-refractivity contribution in [1.29, 1.82) is 0 Å². The van der Waals surface area contributed by atoms with Crippen molar-refractivity contribution >= 4 is 17.5 Å². The number of carbonyl (C=O) groups is 2. The third-order valence-corrected chi connectivity index (χ3v) is 5.25. The zero-order valence-corrected chi connectivity index (χ0v) is 16.1. The van der Waals surface area contributed by atoms with E-state index < -0.39 is 5.54 Å². The molecular formula is C20H31N3O2. The highest BCUT2D eigenvalue weighted by molar-refractivity contribution is 5.96. The third kappa shape index (κ3) is 4.60. The van der Waals surface area contributed by atoms with Crippen LogP contribution >= 0.6 is 0 Å². The number of nitrogens with two attached hydrogens (primary N) is 1. The number of anilines is 1. The molecule has 1 fully saturated rings. The van der Waals surface area contributed by atoms with Crippen molar-refractivity contribution in [2.75, 3.05) is 18.9 Å². The van der Waals surface area contributed by atoms with Crippen LogP contribution in [0.3, 0.4) is 0 Å². The number of amides is 2. The van der Waals surface area contributed by atoms with Gasteiger partial charge in [-0.05, 0) is 51.7 Å². The minimum atomic E-state index is -0.482.